The first-order chi connectivity index (χ1) is 13.5. The van der Waals surface area contributed by atoms with Gasteiger partial charge in [-0.3, -0.25) is 9.78 Å². The van der Waals surface area contributed by atoms with Crippen molar-refractivity contribution >= 4 is 5.91 Å². The van der Waals surface area contributed by atoms with Crippen LogP contribution in [0.25, 0.3) is 0 Å². The highest BCUT2D eigenvalue weighted by Gasteiger charge is 2.64. The molecule has 5 nitrogen and oxygen atoms in total. The van der Waals surface area contributed by atoms with Gasteiger partial charge in [-0.1, -0.05) is 6.92 Å². The molecule has 0 radical (unpaired) electrons. The van der Waals surface area contributed by atoms with Crippen molar-refractivity contribution in [2.24, 2.45) is 11.1 Å². The van der Waals surface area contributed by atoms with Gasteiger partial charge in [0.2, 0.25) is 11.8 Å². The molecular formula is C18H15F6N3O2. The molecular weight excluding hydrogens is 404 g/mol. The summed E-state index contributed by atoms with van der Waals surface area (Å²) in [6, 6.07) is 1.03. The molecule has 2 N–H and O–H groups in total. The van der Waals surface area contributed by atoms with E-state index in [4.69, 9.17) is 5.73 Å². The minimum atomic E-state index is -4.55. The van der Waals surface area contributed by atoms with Gasteiger partial charge in [-0.05, 0) is 6.42 Å². The van der Waals surface area contributed by atoms with Crippen molar-refractivity contribution in [2.75, 3.05) is 6.61 Å². The number of hydrogen-bond donors (Lipinski definition) is 1. The first kappa shape index (κ1) is 20.9. The second-order valence-corrected chi connectivity index (χ2v) is 6.85. The van der Waals surface area contributed by atoms with Gasteiger partial charge in [0.1, 0.15) is 17.5 Å². The van der Waals surface area contributed by atoms with Gasteiger partial charge in [-0.15, -0.1) is 0 Å². The second-order valence-electron chi connectivity index (χ2n) is 6.85. The van der Waals surface area contributed by atoms with E-state index in [-0.39, 0.29) is 18.0 Å². The Kier molecular flexibility index (Phi) is 5.18. The SMILES string of the molecule is C[C@@H](c1cnc(OCC(F)(F)F)cn1)C1(C(N)=O)CC1c1c(F)cc(F)cc1F. The number of carbonyl (C=O) groups is 1. The zero-order valence-corrected chi connectivity index (χ0v) is 14.9. The van der Waals surface area contributed by atoms with Crippen LogP contribution >= 0.6 is 0 Å². The molecule has 2 unspecified atom stereocenters. The molecule has 0 spiro atoms. The number of rotatable bonds is 6. The fourth-order valence-electron chi connectivity index (χ4n) is 3.53. The van der Waals surface area contributed by atoms with Crippen LogP contribution in [-0.2, 0) is 4.79 Å². The monoisotopic (exact) mass is 419 g/mol. The predicted molar refractivity (Wildman–Crippen MR) is 87.3 cm³/mol. The summed E-state index contributed by atoms with van der Waals surface area (Å²) < 4.78 is 82.5. The number of halogens is 6. The first-order valence-electron chi connectivity index (χ1n) is 8.41. The van der Waals surface area contributed by atoms with Crippen molar-refractivity contribution in [3.63, 3.8) is 0 Å². The molecule has 1 aromatic heterocycles. The van der Waals surface area contributed by atoms with Gasteiger partial charge >= 0.3 is 6.18 Å². The second kappa shape index (κ2) is 7.20. The average Bonchev–Trinajstić information content (AvgIpc) is 3.35. The van der Waals surface area contributed by atoms with Gasteiger partial charge in [0.25, 0.3) is 0 Å². The maximum atomic E-state index is 14.1. The Balaban J connectivity index is 1.85. The number of ether oxygens (including phenoxy) is 1. The number of primary amides is 1. The van der Waals surface area contributed by atoms with Crippen molar-refractivity contribution in [1.82, 2.24) is 9.97 Å². The minimum absolute atomic E-state index is 0.00300. The van der Waals surface area contributed by atoms with E-state index in [0.29, 0.717) is 12.1 Å². The largest absolute Gasteiger partial charge is 0.467 e. The van der Waals surface area contributed by atoms with E-state index in [0.717, 1.165) is 12.4 Å². The molecule has 1 saturated carbocycles. The van der Waals surface area contributed by atoms with E-state index >= 15 is 0 Å². The highest BCUT2D eigenvalue weighted by atomic mass is 19.4. The molecule has 1 fully saturated rings. The van der Waals surface area contributed by atoms with Crippen molar-refractivity contribution < 1.29 is 35.9 Å². The van der Waals surface area contributed by atoms with E-state index < -0.39 is 59.0 Å². The number of alkyl halides is 3. The molecule has 1 heterocycles. The summed E-state index contributed by atoms with van der Waals surface area (Å²) >= 11 is 0. The molecule has 11 heteroatoms. The fraction of sp³-hybridized carbons (Fsp3) is 0.389. The maximum absolute atomic E-state index is 14.1. The molecule has 2 aromatic rings. The molecule has 29 heavy (non-hydrogen) atoms. The van der Waals surface area contributed by atoms with Crippen LogP contribution < -0.4 is 10.5 Å². The Bertz CT molecular complexity index is 911. The molecule has 1 aromatic carbocycles. The van der Waals surface area contributed by atoms with Crippen LogP contribution in [0.5, 0.6) is 5.88 Å². The van der Waals surface area contributed by atoms with Crippen LogP contribution in [0.3, 0.4) is 0 Å². The molecule has 0 bridgehead atoms. The maximum Gasteiger partial charge on any atom is 0.422 e. The van der Waals surface area contributed by atoms with Crippen molar-refractivity contribution in [2.45, 2.75) is 31.4 Å². The van der Waals surface area contributed by atoms with Crippen LogP contribution in [0.2, 0.25) is 0 Å². The number of nitrogens with two attached hydrogens (primary N) is 1. The summed E-state index contributed by atoms with van der Waals surface area (Å²) in [5.41, 5.74) is 3.82. The first-order valence-corrected chi connectivity index (χ1v) is 8.41. The van der Waals surface area contributed by atoms with Gasteiger partial charge in [0.15, 0.2) is 6.61 Å². The smallest absolute Gasteiger partial charge is 0.422 e. The normalized spacial score (nSPS) is 22.2. The van der Waals surface area contributed by atoms with E-state index in [1.54, 1.807) is 0 Å². The van der Waals surface area contributed by atoms with Crippen LogP contribution in [0.1, 0.15) is 36.4 Å². The number of benzene rings is 1. The van der Waals surface area contributed by atoms with Crippen LogP contribution in [0.4, 0.5) is 26.3 Å². The topological polar surface area (TPSA) is 78.1 Å². The third-order valence-electron chi connectivity index (χ3n) is 5.10. The Morgan fingerprint density at radius 1 is 1.24 bits per heavy atom. The minimum Gasteiger partial charge on any atom is -0.467 e. The van der Waals surface area contributed by atoms with E-state index in [9.17, 15) is 31.1 Å². The van der Waals surface area contributed by atoms with Gasteiger partial charge < -0.3 is 10.5 Å². The quantitative estimate of drug-likeness (QED) is 0.726. The Morgan fingerprint density at radius 3 is 2.34 bits per heavy atom. The van der Waals surface area contributed by atoms with Gasteiger partial charge in [0.05, 0.1) is 23.5 Å². The summed E-state index contributed by atoms with van der Waals surface area (Å²) in [4.78, 5) is 19.8. The Hall–Kier alpha value is -2.85. The lowest BCUT2D eigenvalue weighted by Crippen LogP contribution is -2.32. The van der Waals surface area contributed by atoms with E-state index in [2.05, 4.69) is 14.7 Å². The molecule has 1 aliphatic carbocycles. The average molecular weight is 419 g/mol. The summed E-state index contributed by atoms with van der Waals surface area (Å²) in [6.07, 6.45) is -2.50. The highest BCUT2D eigenvalue weighted by Crippen LogP contribution is 2.66. The van der Waals surface area contributed by atoms with Crippen LogP contribution in [-0.4, -0.2) is 28.7 Å². The number of carbonyl (C=O) groups excluding carboxylic acids is 1. The standard InChI is InChI=1S/C18H15F6N3O2/c1-8(13-5-27-14(6-26-13)29-7-18(22,23)24)17(16(25)28)4-10(17)15-11(20)2-9(19)3-12(15)21/h2-3,5-6,8,10H,4,7H2,1H3,(H2,25,28)/t8-,10?,17?/m0/s1. The number of hydrogen-bond acceptors (Lipinski definition) is 4. The van der Waals surface area contributed by atoms with E-state index in [1.807, 2.05) is 0 Å². The van der Waals surface area contributed by atoms with Gasteiger partial charge in [-0.2, -0.15) is 13.2 Å². The highest BCUT2D eigenvalue weighted by molar-refractivity contribution is 5.87. The molecule has 1 aliphatic rings. The summed E-state index contributed by atoms with van der Waals surface area (Å²) in [6.45, 7) is -0.0165. The predicted octanol–water partition coefficient (Wildman–Crippen LogP) is 3.60. The summed E-state index contributed by atoms with van der Waals surface area (Å²) in [5, 5.41) is 0. The molecule has 0 saturated heterocycles. The zero-order valence-electron chi connectivity index (χ0n) is 14.9. The number of amides is 1. The summed E-state index contributed by atoms with van der Waals surface area (Å²) in [5.74, 6) is -6.29. The van der Waals surface area contributed by atoms with Gasteiger partial charge in [-0.25, -0.2) is 18.2 Å². The molecule has 3 rings (SSSR count). The molecule has 156 valence electrons. The number of aromatic nitrogens is 2. The summed E-state index contributed by atoms with van der Waals surface area (Å²) in [7, 11) is 0. The Morgan fingerprint density at radius 2 is 1.86 bits per heavy atom. The lowest BCUT2D eigenvalue weighted by molar-refractivity contribution is -0.154. The van der Waals surface area contributed by atoms with Crippen molar-refractivity contribution in [3.8, 4) is 5.88 Å². The molecule has 0 aliphatic heterocycles. The van der Waals surface area contributed by atoms with Gasteiger partial charge in [0, 0.05) is 29.5 Å². The Labute approximate surface area is 160 Å². The van der Waals surface area contributed by atoms with Crippen molar-refractivity contribution in [3.05, 3.63) is 53.2 Å². The van der Waals surface area contributed by atoms with Crippen LogP contribution in [0.15, 0.2) is 24.5 Å². The van der Waals surface area contributed by atoms with E-state index in [1.165, 1.54) is 6.92 Å². The van der Waals surface area contributed by atoms with Crippen molar-refractivity contribution in [1.29, 1.82) is 0 Å². The zero-order chi connectivity index (χ0) is 21.6. The number of nitrogens with zero attached hydrogens (tertiary/aromatic N) is 2. The molecule has 1 amide bonds. The molecule has 3 atom stereocenters. The third-order valence-corrected chi connectivity index (χ3v) is 5.10. The van der Waals surface area contributed by atoms with Crippen LogP contribution in [0, 0.1) is 22.9 Å². The third kappa shape index (κ3) is 3.99. The fourth-order valence-corrected chi connectivity index (χ4v) is 3.53. The lowest BCUT2D eigenvalue weighted by Gasteiger charge is -2.22. The lowest BCUT2D eigenvalue weighted by atomic mass is 9.83.